The minimum absolute atomic E-state index is 0.0496. The molecule has 0 bridgehead atoms. The lowest BCUT2D eigenvalue weighted by atomic mass is 9.98. The summed E-state index contributed by atoms with van der Waals surface area (Å²) in [5, 5.41) is 4.08. The summed E-state index contributed by atoms with van der Waals surface area (Å²) in [6.07, 6.45) is 3.16. The maximum absolute atomic E-state index is 12.0. The maximum atomic E-state index is 12.0. The monoisotopic (exact) mass is 276 g/mol. The Bertz CT molecular complexity index is 518. The summed E-state index contributed by atoms with van der Waals surface area (Å²) in [7, 11) is 1.55. The zero-order chi connectivity index (χ0) is 14.5. The number of carbonyl (C=O) groups excluding carboxylic acids is 1. The van der Waals surface area contributed by atoms with E-state index in [1.54, 1.807) is 25.3 Å². The largest absolute Gasteiger partial charge is 0.493 e. The van der Waals surface area contributed by atoms with E-state index in [1.165, 1.54) is 0 Å². The Kier molecular flexibility index (Phi) is 4.61. The number of benzene rings is 1. The molecule has 108 valence electrons. The average molecular weight is 276 g/mol. The second kappa shape index (κ2) is 6.41. The van der Waals surface area contributed by atoms with Crippen LogP contribution in [0.1, 0.15) is 43.5 Å². The molecule has 0 aromatic heterocycles. The van der Waals surface area contributed by atoms with Crippen molar-refractivity contribution in [3.8, 4) is 11.5 Å². The first-order valence-corrected chi connectivity index (χ1v) is 6.80. The Morgan fingerprint density at radius 3 is 2.60 bits per heavy atom. The molecule has 1 aliphatic rings. The van der Waals surface area contributed by atoms with Gasteiger partial charge in [0.2, 0.25) is 0 Å². The fraction of sp³-hybridized carbons (Fsp3) is 0.467. The van der Waals surface area contributed by atoms with E-state index in [9.17, 15) is 4.79 Å². The van der Waals surface area contributed by atoms with Crippen LogP contribution in [0.5, 0.6) is 11.5 Å². The zero-order valence-electron chi connectivity index (χ0n) is 12.1. The molecule has 20 heavy (non-hydrogen) atoms. The van der Waals surface area contributed by atoms with Crippen molar-refractivity contribution in [2.45, 2.75) is 39.2 Å². The summed E-state index contributed by atoms with van der Waals surface area (Å²) >= 11 is 0. The van der Waals surface area contributed by atoms with Gasteiger partial charge in [0, 0.05) is 11.3 Å². The molecule has 1 N–H and O–H groups in total. The standard InChI is InChI=1S/C15H20N2O3/c1-10(2)20-13-8-7-11(9-14(13)19-3)15(18)17-16-12-5-4-6-12/h7-10H,4-6H2,1-3H3,(H,17,18). The highest BCUT2D eigenvalue weighted by molar-refractivity contribution is 5.96. The predicted octanol–water partition coefficient (Wildman–Crippen LogP) is 2.75. The topological polar surface area (TPSA) is 59.9 Å². The number of hydrogen-bond acceptors (Lipinski definition) is 4. The van der Waals surface area contributed by atoms with Gasteiger partial charge in [-0.05, 0) is 51.3 Å². The van der Waals surface area contributed by atoms with Gasteiger partial charge in [-0.1, -0.05) is 0 Å². The molecule has 1 aliphatic carbocycles. The van der Waals surface area contributed by atoms with E-state index in [2.05, 4.69) is 10.5 Å². The van der Waals surface area contributed by atoms with Gasteiger partial charge < -0.3 is 9.47 Å². The summed E-state index contributed by atoms with van der Waals surface area (Å²) in [6.45, 7) is 3.88. The van der Waals surface area contributed by atoms with E-state index in [0.717, 1.165) is 25.0 Å². The van der Waals surface area contributed by atoms with Crippen LogP contribution < -0.4 is 14.9 Å². The van der Waals surface area contributed by atoms with Crippen molar-refractivity contribution in [3.05, 3.63) is 23.8 Å². The second-order valence-electron chi connectivity index (χ2n) is 5.00. The summed E-state index contributed by atoms with van der Waals surface area (Å²) < 4.78 is 10.9. The minimum atomic E-state index is -0.237. The minimum Gasteiger partial charge on any atom is -0.493 e. The molecule has 1 amide bonds. The highest BCUT2D eigenvalue weighted by atomic mass is 16.5. The molecule has 5 nitrogen and oxygen atoms in total. The van der Waals surface area contributed by atoms with Gasteiger partial charge in [-0.3, -0.25) is 4.79 Å². The highest BCUT2D eigenvalue weighted by Crippen LogP contribution is 2.29. The van der Waals surface area contributed by atoms with E-state index >= 15 is 0 Å². The van der Waals surface area contributed by atoms with Crippen molar-refractivity contribution < 1.29 is 14.3 Å². The van der Waals surface area contributed by atoms with Crippen LogP contribution in [0, 0.1) is 0 Å². The lowest BCUT2D eigenvalue weighted by Gasteiger charge is -2.15. The zero-order valence-corrected chi connectivity index (χ0v) is 12.1. The second-order valence-corrected chi connectivity index (χ2v) is 5.00. The molecule has 1 aromatic rings. The fourth-order valence-corrected chi connectivity index (χ4v) is 1.80. The van der Waals surface area contributed by atoms with Crippen LogP contribution in [-0.4, -0.2) is 24.8 Å². The number of hydrazone groups is 1. The quantitative estimate of drug-likeness (QED) is 0.841. The van der Waals surface area contributed by atoms with Crippen molar-refractivity contribution in [1.82, 2.24) is 5.43 Å². The van der Waals surface area contributed by atoms with Gasteiger partial charge in [0.15, 0.2) is 11.5 Å². The Hall–Kier alpha value is -2.04. The highest BCUT2D eigenvalue weighted by Gasteiger charge is 2.14. The lowest BCUT2D eigenvalue weighted by Crippen LogP contribution is -2.22. The van der Waals surface area contributed by atoms with Gasteiger partial charge in [0.25, 0.3) is 5.91 Å². The average Bonchev–Trinajstić information content (AvgIpc) is 2.36. The number of amides is 1. The summed E-state index contributed by atoms with van der Waals surface area (Å²) in [5.41, 5.74) is 4.11. The summed E-state index contributed by atoms with van der Waals surface area (Å²) in [4.78, 5) is 12.0. The van der Waals surface area contributed by atoms with Crippen molar-refractivity contribution >= 4 is 11.6 Å². The first-order valence-electron chi connectivity index (χ1n) is 6.80. The number of nitrogens with zero attached hydrogens (tertiary/aromatic N) is 1. The van der Waals surface area contributed by atoms with Crippen molar-refractivity contribution in [3.63, 3.8) is 0 Å². The molecule has 1 saturated carbocycles. The van der Waals surface area contributed by atoms with Crippen LogP contribution >= 0.6 is 0 Å². The molecule has 0 atom stereocenters. The van der Waals surface area contributed by atoms with Crippen molar-refractivity contribution in [1.29, 1.82) is 0 Å². The number of nitrogens with one attached hydrogen (secondary N) is 1. The third kappa shape index (κ3) is 3.50. The van der Waals surface area contributed by atoms with Gasteiger partial charge in [-0.25, -0.2) is 5.43 Å². The van der Waals surface area contributed by atoms with Gasteiger partial charge >= 0.3 is 0 Å². The molecular formula is C15H20N2O3. The van der Waals surface area contributed by atoms with Gasteiger partial charge in [0.05, 0.1) is 13.2 Å². The fourth-order valence-electron chi connectivity index (χ4n) is 1.80. The van der Waals surface area contributed by atoms with Gasteiger partial charge in [0.1, 0.15) is 0 Å². The van der Waals surface area contributed by atoms with E-state index in [0.29, 0.717) is 17.1 Å². The normalized spacial score (nSPS) is 13.7. The van der Waals surface area contributed by atoms with Crippen molar-refractivity contribution in [2.24, 2.45) is 5.10 Å². The van der Waals surface area contributed by atoms with Gasteiger partial charge in [-0.15, -0.1) is 0 Å². The molecule has 5 heteroatoms. The number of carbonyl (C=O) groups is 1. The Morgan fingerprint density at radius 1 is 1.30 bits per heavy atom. The smallest absolute Gasteiger partial charge is 0.271 e. The number of rotatable bonds is 5. The third-order valence-corrected chi connectivity index (χ3v) is 3.03. The third-order valence-electron chi connectivity index (χ3n) is 3.03. The van der Waals surface area contributed by atoms with E-state index in [1.807, 2.05) is 13.8 Å². The molecule has 2 rings (SSSR count). The number of methoxy groups -OCH3 is 1. The van der Waals surface area contributed by atoms with Crippen LogP contribution in [0.25, 0.3) is 0 Å². The van der Waals surface area contributed by atoms with E-state index in [-0.39, 0.29) is 12.0 Å². The molecular weight excluding hydrogens is 256 g/mol. The first-order chi connectivity index (χ1) is 9.60. The summed E-state index contributed by atoms with van der Waals surface area (Å²) in [6, 6.07) is 5.11. The van der Waals surface area contributed by atoms with Crippen LogP contribution in [-0.2, 0) is 0 Å². The van der Waals surface area contributed by atoms with Crippen molar-refractivity contribution in [2.75, 3.05) is 7.11 Å². The SMILES string of the molecule is COc1cc(C(=O)NN=C2CCC2)ccc1OC(C)C. The number of ether oxygens (including phenoxy) is 2. The summed E-state index contributed by atoms with van der Waals surface area (Å²) in [5.74, 6) is 0.936. The Morgan fingerprint density at radius 2 is 2.05 bits per heavy atom. The molecule has 0 unspecified atom stereocenters. The molecule has 0 spiro atoms. The molecule has 0 radical (unpaired) electrons. The molecule has 1 fully saturated rings. The molecule has 0 saturated heterocycles. The van der Waals surface area contributed by atoms with Gasteiger partial charge in [-0.2, -0.15) is 5.10 Å². The van der Waals surface area contributed by atoms with E-state index < -0.39 is 0 Å². The Balaban J connectivity index is 2.09. The first kappa shape index (κ1) is 14.4. The molecule has 1 aromatic carbocycles. The molecule has 0 aliphatic heterocycles. The van der Waals surface area contributed by atoms with Crippen LogP contribution in [0.3, 0.4) is 0 Å². The Labute approximate surface area is 119 Å². The predicted molar refractivity (Wildman–Crippen MR) is 77.5 cm³/mol. The molecule has 0 heterocycles. The van der Waals surface area contributed by atoms with E-state index in [4.69, 9.17) is 9.47 Å². The van der Waals surface area contributed by atoms with Crippen LogP contribution in [0.4, 0.5) is 0 Å². The van der Waals surface area contributed by atoms with Crippen LogP contribution in [0.2, 0.25) is 0 Å². The number of hydrogen-bond donors (Lipinski definition) is 1. The lowest BCUT2D eigenvalue weighted by molar-refractivity contribution is 0.0954. The van der Waals surface area contributed by atoms with Crippen LogP contribution in [0.15, 0.2) is 23.3 Å². The maximum Gasteiger partial charge on any atom is 0.271 e.